The Hall–Kier alpha value is -2.28. The van der Waals surface area contributed by atoms with Crippen LogP contribution in [0.5, 0.6) is 0 Å². The van der Waals surface area contributed by atoms with E-state index in [-0.39, 0.29) is 11.7 Å². The average molecular weight is 333 g/mol. The highest BCUT2D eigenvalue weighted by Gasteiger charge is 2.25. The lowest BCUT2D eigenvalue weighted by Crippen LogP contribution is -2.48. The van der Waals surface area contributed by atoms with E-state index in [4.69, 9.17) is 0 Å². The lowest BCUT2D eigenvalue weighted by Gasteiger charge is -2.32. The van der Waals surface area contributed by atoms with Crippen molar-refractivity contribution in [2.24, 2.45) is 0 Å². The summed E-state index contributed by atoms with van der Waals surface area (Å²) in [5, 5.41) is 0.510. The van der Waals surface area contributed by atoms with Gasteiger partial charge in [0.15, 0.2) is 0 Å². The first-order valence-corrected chi connectivity index (χ1v) is 8.12. The van der Waals surface area contributed by atoms with E-state index in [0.29, 0.717) is 47.3 Å². The van der Waals surface area contributed by atoms with Gasteiger partial charge in [-0.15, -0.1) is 11.3 Å². The van der Waals surface area contributed by atoms with Crippen LogP contribution >= 0.6 is 11.3 Å². The largest absolute Gasteiger partial charge is 0.342 e. The Kier molecular flexibility index (Phi) is 4.38. The molecule has 2 heterocycles. The first kappa shape index (κ1) is 15.6. The van der Waals surface area contributed by atoms with Crippen molar-refractivity contribution in [1.82, 2.24) is 14.8 Å². The molecule has 0 bridgehead atoms. The number of aryl methyl sites for hydroxylation is 1. The number of thiazole rings is 1. The fourth-order valence-electron chi connectivity index (χ4n) is 2.52. The molecule has 0 unspecified atom stereocenters. The summed E-state index contributed by atoms with van der Waals surface area (Å²) in [6.45, 7) is 3.84. The Morgan fingerprint density at radius 2 is 1.96 bits per heavy atom. The SMILES string of the molecule is Cc1nc(-c2ccccc2F)sc1C(=O)N1CCN(C=O)CC1. The molecule has 1 aromatic carbocycles. The van der Waals surface area contributed by atoms with Crippen LogP contribution in [0.25, 0.3) is 10.6 Å². The maximum absolute atomic E-state index is 13.9. The standard InChI is InChI=1S/C16H16FN3O2S/c1-11-14(16(22)20-8-6-19(10-21)7-9-20)23-15(18-11)12-4-2-3-5-13(12)17/h2-5,10H,6-9H2,1H3. The Labute approximate surface area is 137 Å². The summed E-state index contributed by atoms with van der Waals surface area (Å²) < 4.78 is 13.9. The zero-order valence-electron chi connectivity index (χ0n) is 12.7. The number of benzene rings is 1. The van der Waals surface area contributed by atoms with Gasteiger partial charge in [0.1, 0.15) is 15.7 Å². The molecule has 0 N–H and O–H groups in total. The number of halogens is 1. The van der Waals surface area contributed by atoms with E-state index >= 15 is 0 Å². The van der Waals surface area contributed by atoms with Crippen LogP contribution < -0.4 is 0 Å². The fourth-order valence-corrected chi connectivity index (χ4v) is 3.58. The van der Waals surface area contributed by atoms with Gasteiger partial charge in [-0.05, 0) is 19.1 Å². The molecule has 1 saturated heterocycles. The van der Waals surface area contributed by atoms with E-state index in [1.165, 1.54) is 17.4 Å². The van der Waals surface area contributed by atoms with E-state index in [0.717, 1.165) is 6.41 Å². The Bertz CT molecular complexity index is 739. The van der Waals surface area contributed by atoms with Crippen LogP contribution in [0.1, 0.15) is 15.4 Å². The van der Waals surface area contributed by atoms with Crippen molar-refractivity contribution >= 4 is 23.7 Å². The number of rotatable bonds is 3. The lowest BCUT2D eigenvalue weighted by molar-refractivity contribution is -0.119. The highest BCUT2D eigenvalue weighted by Crippen LogP contribution is 2.30. The van der Waals surface area contributed by atoms with Gasteiger partial charge in [0, 0.05) is 31.7 Å². The van der Waals surface area contributed by atoms with E-state index in [1.54, 1.807) is 34.9 Å². The van der Waals surface area contributed by atoms with Gasteiger partial charge in [0.05, 0.1) is 5.69 Å². The first-order chi connectivity index (χ1) is 11.1. The van der Waals surface area contributed by atoms with Crippen molar-refractivity contribution in [3.05, 3.63) is 40.7 Å². The van der Waals surface area contributed by atoms with Crippen molar-refractivity contribution in [2.45, 2.75) is 6.92 Å². The molecule has 0 radical (unpaired) electrons. The average Bonchev–Trinajstić information content (AvgIpc) is 2.96. The van der Waals surface area contributed by atoms with Gasteiger partial charge in [-0.3, -0.25) is 9.59 Å². The molecule has 2 amide bonds. The number of piperazine rings is 1. The molecule has 2 aromatic rings. The number of carbonyl (C=O) groups is 2. The second-order valence-corrected chi connectivity index (χ2v) is 6.35. The van der Waals surface area contributed by atoms with E-state index in [9.17, 15) is 14.0 Å². The molecule has 0 saturated carbocycles. The summed E-state index contributed by atoms with van der Waals surface area (Å²) in [5.74, 6) is -0.451. The zero-order chi connectivity index (χ0) is 16.4. The topological polar surface area (TPSA) is 53.5 Å². The fraction of sp³-hybridized carbons (Fsp3) is 0.312. The van der Waals surface area contributed by atoms with Crippen molar-refractivity contribution < 1.29 is 14.0 Å². The van der Waals surface area contributed by atoms with Gasteiger partial charge < -0.3 is 9.80 Å². The number of aromatic nitrogens is 1. The number of hydrogen-bond acceptors (Lipinski definition) is 4. The minimum atomic E-state index is -0.347. The summed E-state index contributed by atoms with van der Waals surface area (Å²) in [4.78, 5) is 31.6. The summed E-state index contributed by atoms with van der Waals surface area (Å²) in [6.07, 6.45) is 0.802. The Morgan fingerprint density at radius 1 is 1.26 bits per heavy atom. The van der Waals surface area contributed by atoms with E-state index in [1.807, 2.05) is 0 Å². The molecule has 5 nitrogen and oxygen atoms in total. The number of nitrogens with zero attached hydrogens (tertiary/aromatic N) is 3. The molecular formula is C16H16FN3O2S. The highest BCUT2D eigenvalue weighted by atomic mass is 32.1. The molecule has 120 valence electrons. The van der Waals surface area contributed by atoms with Gasteiger partial charge >= 0.3 is 0 Å². The number of amides is 2. The minimum absolute atomic E-state index is 0.104. The molecular weight excluding hydrogens is 317 g/mol. The molecule has 1 aliphatic rings. The second kappa shape index (κ2) is 6.45. The van der Waals surface area contributed by atoms with E-state index < -0.39 is 0 Å². The summed E-state index contributed by atoms with van der Waals surface area (Å²) in [6, 6.07) is 6.41. The monoisotopic (exact) mass is 333 g/mol. The van der Waals surface area contributed by atoms with Crippen molar-refractivity contribution in [2.75, 3.05) is 26.2 Å². The van der Waals surface area contributed by atoms with Crippen LogP contribution in [0, 0.1) is 12.7 Å². The van der Waals surface area contributed by atoms with Crippen LogP contribution in [0.2, 0.25) is 0 Å². The van der Waals surface area contributed by atoms with E-state index in [2.05, 4.69) is 4.98 Å². The first-order valence-electron chi connectivity index (χ1n) is 7.31. The lowest BCUT2D eigenvalue weighted by atomic mass is 10.2. The van der Waals surface area contributed by atoms with Crippen molar-refractivity contribution in [3.8, 4) is 10.6 Å². The molecule has 0 atom stereocenters. The third kappa shape index (κ3) is 3.10. The third-order valence-electron chi connectivity index (χ3n) is 3.85. The van der Waals surface area contributed by atoms with Gasteiger partial charge in [-0.25, -0.2) is 9.37 Å². The highest BCUT2D eigenvalue weighted by molar-refractivity contribution is 7.17. The predicted molar refractivity (Wildman–Crippen MR) is 85.8 cm³/mol. The smallest absolute Gasteiger partial charge is 0.265 e. The van der Waals surface area contributed by atoms with Gasteiger partial charge in [0.25, 0.3) is 5.91 Å². The van der Waals surface area contributed by atoms with Crippen LogP contribution in [-0.4, -0.2) is 53.3 Å². The summed E-state index contributed by atoms with van der Waals surface area (Å²) >= 11 is 1.21. The van der Waals surface area contributed by atoms with Crippen LogP contribution in [0.4, 0.5) is 4.39 Å². The molecule has 0 spiro atoms. The summed E-state index contributed by atoms with van der Waals surface area (Å²) in [7, 11) is 0. The molecule has 23 heavy (non-hydrogen) atoms. The number of carbonyl (C=O) groups excluding carboxylic acids is 2. The Balaban J connectivity index is 1.83. The van der Waals surface area contributed by atoms with Gasteiger partial charge in [-0.2, -0.15) is 0 Å². The second-order valence-electron chi connectivity index (χ2n) is 5.35. The molecule has 1 aromatic heterocycles. The maximum Gasteiger partial charge on any atom is 0.265 e. The van der Waals surface area contributed by atoms with Crippen molar-refractivity contribution in [1.29, 1.82) is 0 Å². The normalized spacial score (nSPS) is 14.9. The van der Waals surface area contributed by atoms with Gasteiger partial charge in [0.2, 0.25) is 6.41 Å². The third-order valence-corrected chi connectivity index (χ3v) is 5.02. The molecule has 7 heteroatoms. The van der Waals surface area contributed by atoms with Crippen LogP contribution in [0.3, 0.4) is 0 Å². The quantitative estimate of drug-likeness (QED) is 0.809. The molecule has 0 aliphatic carbocycles. The van der Waals surface area contributed by atoms with Crippen LogP contribution in [0.15, 0.2) is 24.3 Å². The zero-order valence-corrected chi connectivity index (χ0v) is 13.5. The maximum atomic E-state index is 13.9. The summed E-state index contributed by atoms with van der Waals surface area (Å²) in [5.41, 5.74) is 1.02. The van der Waals surface area contributed by atoms with Crippen LogP contribution in [-0.2, 0) is 4.79 Å². The Morgan fingerprint density at radius 3 is 2.61 bits per heavy atom. The number of hydrogen-bond donors (Lipinski definition) is 0. The van der Waals surface area contributed by atoms with Crippen molar-refractivity contribution in [3.63, 3.8) is 0 Å². The molecule has 1 fully saturated rings. The van der Waals surface area contributed by atoms with Gasteiger partial charge in [-0.1, -0.05) is 12.1 Å². The molecule has 1 aliphatic heterocycles. The minimum Gasteiger partial charge on any atom is -0.342 e. The predicted octanol–water partition coefficient (Wildman–Crippen LogP) is 2.17. The molecule has 3 rings (SSSR count).